The lowest BCUT2D eigenvalue weighted by Gasteiger charge is -2.09. The van der Waals surface area contributed by atoms with E-state index in [0.29, 0.717) is 11.5 Å². The SMILES string of the molecule is CC(N)c1cccc(-c2ccc3cnn(-c4cccc(C(C)O)n4)c3c2)n1. The van der Waals surface area contributed by atoms with Crippen LogP contribution in [-0.2, 0) is 0 Å². The smallest absolute Gasteiger partial charge is 0.154 e. The van der Waals surface area contributed by atoms with Gasteiger partial charge in [0.15, 0.2) is 5.82 Å². The molecule has 3 heterocycles. The maximum absolute atomic E-state index is 9.81. The van der Waals surface area contributed by atoms with Crippen LogP contribution in [0.4, 0.5) is 0 Å². The Kier molecular flexibility index (Phi) is 4.43. The predicted octanol–water partition coefficient (Wildman–Crippen LogP) is 3.56. The number of hydrogen-bond acceptors (Lipinski definition) is 5. The van der Waals surface area contributed by atoms with Crippen LogP contribution in [-0.4, -0.2) is 24.9 Å². The fraction of sp³-hybridized carbons (Fsp3) is 0.190. The Morgan fingerprint density at radius 1 is 0.963 bits per heavy atom. The molecule has 2 atom stereocenters. The standard InChI is InChI=1S/C21H21N5O/c1-13(22)17-5-3-7-19(24-17)15-9-10-16-12-23-26(20(16)11-15)21-8-4-6-18(25-21)14(2)27/h3-14,27H,22H2,1-2H3. The number of rotatable bonds is 4. The number of aliphatic hydroxyl groups is 1. The van der Waals surface area contributed by atoms with Gasteiger partial charge in [0.05, 0.1) is 34.9 Å². The third-order valence-electron chi connectivity index (χ3n) is 4.50. The van der Waals surface area contributed by atoms with Crippen LogP contribution in [0.15, 0.2) is 60.8 Å². The first-order valence-corrected chi connectivity index (χ1v) is 8.89. The molecule has 136 valence electrons. The van der Waals surface area contributed by atoms with Crippen molar-refractivity contribution < 1.29 is 5.11 Å². The van der Waals surface area contributed by atoms with Crippen molar-refractivity contribution in [3.8, 4) is 17.1 Å². The topological polar surface area (TPSA) is 89.8 Å². The monoisotopic (exact) mass is 359 g/mol. The van der Waals surface area contributed by atoms with E-state index < -0.39 is 6.10 Å². The lowest BCUT2D eigenvalue weighted by Crippen LogP contribution is -2.07. The number of benzene rings is 1. The van der Waals surface area contributed by atoms with E-state index in [-0.39, 0.29) is 6.04 Å². The van der Waals surface area contributed by atoms with Crippen molar-refractivity contribution in [1.82, 2.24) is 19.7 Å². The molecule has 0 saturated heterocycles. The zero-order valence-corrected chi connectivity index (χ0v) is 15.2. The third-order valence-corrected chi connectivity index (χ3v) is 4.50. The van der Waals surface area contributed by atoms with Gasteiger partial charge in [-0.1, -0.05) is 24.3 Å². The molecule has 4 rings (SSSR count). The van der Waals surface area contributed by atoms with E-state index in [1.807, 2.05) is 61.7 Å². The molecule has 0 aliphatic rings. The minimum Gasteiger partial charge on any atom is -0.387 e. The van der Waals surface area contributed by atoms with Gasteiger partial charge in [-0.25, -0.2) is 9.67 Å². The predicted molar refractivity (Wildman–Crippen MR) is 105 cm³/mol. The molecule has 3 aromatic heterocycles. The van der Waals surface area contributed by atoms with E-state index in [9.17, 15) is 5.11 Å². The number of nitrogens with two attached hydrogens (primary N) is 1. The Bertz CT molecular complexity index is 1100. The average Bonchev–Trinajstić information content (AvgIpc) is 3.11. The summed E-state index contributed by atoms with van der Waals surface area (Å²) in [4.78, 5) is 9.19. The summed E-state index contributed by atoms with van der Waals surface area (Å²) in [6.45, 7) is 3.62. The van der Waals surface area contributed by atoms with Gasteiger partial charge in [0.25, 0.3) is 0 Å². The molecule has 0 fully saturated rings. The summed E-state index contributed by atoms with van der Waals surface area (Å²) in [7, 11) is 0. The second-order valence-electron chi connectivity index (χ2n) is 6.66. The summed E-state index contributed by atoms with van der Waals surface area (Å²) in [5.74, 6) is 0.665. The molecule has 27 heavy (non-hydrogen) atoms. The van der Waals surface area contributed by atoms with E-state index in [2.05, 4.69) is 15.1 Å². The Morgan fingerprint density at radius 2 is 1.74 bits per heavy atom. The number of fused-ring (bicyclic) bond motifs is 1. The van der Waals surface area contributed by atoms with Gasteiger partial charge in [-0.3, -0.25) is 4.98 Å². The summed E-state index contributed by atoms with van der Waals surface area (Å²) >= 11 is 0. The average molecular weight is 359 g/mol. The highest BCUT2D eigenvalue weighted by molar-refractivity contribution is 5.84. The minimum atomic E-state index is -0.632. The third kappa shape index (κ3) is 3.32. The Balaban J connectivity index is 1.82. The van der Waals surface area contributed by atoms with Crippen molar-refractivity contribution in [2.75, 3.05) is 0 Å². The first-order valence-electron chi connectivity index (χ1n) is 8.89. The van der Waals surface area contributed by atoms with Crippen molar-refractivity contribution in [3.05, 3.63) is 72.2 Å². The van der Waals surface area contributed by atoms with Gasteiger partial charge in [-0.15, -0.1) is 0 Å². The molecule has 0 saturated carbocycles. The van der Waals surface area contributed by atoms with Gasteiger partial charge in [0, 0.05) is 17.0 Å². The summed E-state index contributed by atoms with van der Waals surface area (Å²) in [5.41, 5.74) is 10.2. The molecule has 3 N–H and O–H groups in total. The second-order valence-corrected chi connectivity index (χ2v) is 6.66. The Morgan fingerprint density at radius 3 is 2.52 bits per heavy atom. The normalized spacial score (nSPS) is 13.6. The molecule has 1 aromatic carbocycles. The highest BCUT2D eigenvalue weighted by Gasteiger charge is 2.11. The lowest BCUT2D eigenvalue weighted by molar-refractivity contribution is 0.194. The Labute approximate surface area is 157 Å². The molecule has 6 heteroatoms. The van der Waals surface area contributed by atoms with E-state index in [1.54, 1.807) is 17.7 Å². The summed E-state index contributed by atoms with van der Waals surface area (Å²) in [6.07, 6.45) is 1.18. The zero-order valence-electron chi connectivity index (χ0n) is 15.2. The van der Waals surface area contributed by atoms with Crippen molar-refractivity contribution in [2.45, 2.75) is 26.0 Å². The quantitative estimate of drug-likeness (QED) is 0.581. The van der Waals surface area contributed by atoms with Gasteiger partial charge in [-0.05, 0) is 44.2 Å². The van der Waals surface area contributed by atoms with Gasteiger partial charge in [0.2, 0.25) is 0 Å². The number of aromatic nitrogens is 4. The van der Waals surface area contributed by atoms with E-state index >= 15 is 0 Å². The first-order chi connectivity index (χ1) is 13.0. The van der Waals surface area contributed by atoms with Crippen molar-refractivity contribution in [1.29, 1.82) is 0 Å². The maximum atomic E-state index is 9.81. The summed E-state index contributed by atoms with van der Waals surface area (Å²) < 4.78 is 1.78. The van der Waals surface area contributed by atoms with E-state index in [4.69, 9.17) is 5.73 Å². The van der Waals surface area contributed by atoms with Crippen LogP contribution in [0.5, 0.6) is 0 Å². The van der Waals surface area contributed by atoms with Crippen LogP contribution in [0.1, 0.15) is 37.4 Å². The molecule has 0 aliphatic heterocycles. The zero-order chi connectivity index (χ0) is 19.0. The first kappa shape index (κ1) is 17.3. The second kappa shape index (κ2) is 6.90. The molecular formula is C21H21N5O. The van der Waals surface area contributed by atoms with Gasteiger partial charge >= 0.3 is 0 Å². The van der Waals surface area contributed by atoms with Gasteiger partial charge in [-0.2, -0.15) is 5.10 Å². The van der Waals surface area contributed by atoms with Crippen molar-refractivity contribution in [3.63, 3.8) is 0 Å². The van der Waals surface area contributed by atoms with Gasteiger partial charge in [0.1, 0.15) is 0 Å². The van der Waals surface area contributed by atoms with Crippen molar-refractivity contribution in [2.24, 2.45) is 5.73 Å². The fourth-order valence-corrected chi connectivity index (χ4v) is 3.02. The minimum absolute atomic E-state index is 0.119. The van der Waals surface area contributed by atoms with Crippen LogP contribution < -0.4 is 5.73 Å². The Hall–Kier alpha value is -3.09. The fourth-order valence-electron chi connectivity index (χ4n) is 3.02. The summed E-state index contributed by atoms with van der Waals surface area (Å²) in [5, 5.41) is 15.3. The molecule has 0 spiro atoms. The van der Waals surface area contributed by atoms with Crippen LogP contribution in [0, 0.1) is 0 Å². The highest BCUT2D eigenvalue weighted by atomic mass is 16.3. The van der Waals surface area contributed by atoms with Gasteiger partial charge < -0.3 is 10.8 Å². The molecule has 0 bridgehead atoms. The number of pyridine rings is 2. The molecule has 0 aliphatic carbocycles. The molecule has 2 unspecified atom stereocenters. The van der Waals surface area contributed by atoms with Crippen LogP contribution in [0.2, 0.25) is 0 Å². The molecular weight excluding hydrogens is 338 g/mol. The van der Waals surface area contributed by atoms with Crippen LogP contribution in [0.25, 0.3) is 28.0 Å². The van der Waals surface area contributed by atoms with Crippen LogP contribution >= 0.6 is 0 Å². The van der Waals surface area contributed by atoms with Crippen LogP contribution in [0.3, 0.4) is 0 Å². The van der Waals surface area contributed by atoms with E-state index in [1.165, 1.54) is 0 Å². The summed E-state index contributed by atoms with van der Waals surface area (Å²) in [6, 6.07) is 17.4. The highest BCUT2D eigenvalue weighted by Crippen LogP contribution is 2.25. The maximum Gasteiger partial charge on any atom is 0.154 e. The molecule has 6 nitrogen and oxygen atoms in total. The number of hydrogen-bond donors (Lipinski definition) is 2. The molecule has 4 aromatic rings. The molecule has 0 radical (unpaired) electrons. The molecule has 0 amide bonds. The largest absolute Gasteiger partial charge is 0.387 e. The lowest BCUT2D eigenvalue weighted by atomic mass is 10.1. The number of aliphatic hydroxyl groups excluding tert-OH is 1. The number of nitrogens with zero attached hydrogens (tertiary/aromatic N) is 4. The van der Waals surface area contributed by atoms with Crippen molar-refractivity contribution >= 4 is 10.9 Å². The van der Waals surface area contributed by atoms with E-state index in [0.717, 1.165) is 27.9 Å².